The van der Waals surface area contributed by atoms with Crippen LogP contribution in [-0.4, -0.2) is 40.8 Å². The second kappa shape index (κ2) is 6.71. The first kappa shape index (κ1) is 16.2. The van der Waals surface area contributed by atoms with Gasteiger partial charge >= 0.3 is 0 Å². The average molecular weight is 292 g/mol. The van der Waals surface area contributed by atoms with E-state index in [1.807, 2.05) is 12.4 Å². The first-order valence-electron chi connectivity index (χ1n) is 7.83. The maximum absolute atomic E-state index is 5.73. The minimum absolute atomic E-state index is 0.0906. The number of morpholine rings is 1. The summed E-state index contributed by atoms with van der Waals surface area (Å²) in [7, 11) is 0. The van der Waals surface area contributed by atoms with Gasteiger partial charge in [0, 0.05) is 18.6 Å². The van der Waals surface area contributed by atoms with E-state index in [4.69, 9.17) is 4.74 Å². The van der Waals surface area contributed by atoms with Crippen LogP contribution in [0.4, 0.5) is 5.82 Å². The second-order valence-corrected chi connectivity index (χ2v) is 6.83. The van der Waals surface area contributed by atoms with Gasteiger partial charge in [-0.3, -0.25) is 4.98 Å². The molecule has 5 heteroatoms. The van der Waals surface area contributed by atoms with Crippen molar-refractivity contribution < 1.29 is 4.74 Å². The zero-order chi connectivity index (χ0) is 15.5. The molecule has 0 bridgehead atoms. The van der Waals surface area contributed by atoms with Crippen molar-refractivity contribution >= 4 is 5.82 Å². The summed E-state index contributed by atoms with van der Waals surface area (Å²) >= 11 is 0. The van der Waals surface area contributed by atoms with E-state index in [0.29, 0.717) is 6.04 Å². The first-order chi connectivity index (χ1) is 9.89. The van der Waals surface area contributed by atoms with Crippen LogP contribution < -0.4 is 10.2 Å². The van der Waals surface area contributed by atoms with Crippen LogP contribution in [0, 0.1) is 0 Å². The molecule has 1 N–H and O–H groups in total. The standard InChI is InChI=1S/C16H28N4O/c1-6-14-11-21-12(2)10-20(14)15-9-17-13(7-18-15)8-19-16(3,4)5/h7,9,12,14,19H,6,8,10-11H2,1-5H3. The third-order valence-electron chi connectivity index (χ3n) is 3.72. The predicted octanol–water partition coefficient (Wildman–Crippen LogP) is 2.37. The summed E-state index contributed by atoms with van der Waals surface area (Å²) in [6.07, 6.45) is 5.07. The highest BCUT2D eigenvalue weighted by atomic mass is 16.5. The number of hydrogen-bond acceptors (Lipinski definition) is 5. The van der Waals surface area contributed by atoms with E-state index < -0.39 is 0 Å². The van der Waals surface area contributed by atoms with Crippen LogP contribution in [0.1, 0.15) is 46.7 Å². The molecule has 0 aliphatic carbocycles. The summed E-state index contributed by atoms with van der Waals surface area (Å²) in [6, 6.07) is 0.397. The van der Waals surface area contributed by atoms with Crippen molar-refractivity contribution in [1.82, 2.24) is 15.3 Å². The molecule has 1 aromatic rings. The number of aromatic nitrogens is 2. The smallest absolute Gasteiger partial charge is 0.147 e. The molecule has 21 heavy (non-hydrogen) atoms. The van der Waals surface area contributed by atoms with E-state index in [0.717, 1.165) is 37.6 Å². The van der Waals surface area contributed by atoms with Crippen LogP contribution in [0.3, 0.4) is 0 Å². The minimum atomic E-state index is 0.0906. The molecule has 2 atom stereocenters. The Balaban J connectivity index is 2.03. The van der Waals surface area contributed by atoms with Gasteiger partial charge in [-0.2, -0.15) is 0 Å². The Morgan fingerprint density at radius 1 is 1.33 bits per heavy atom. The van der Waals surface area contributed by atoms with Gasteiger partial charge in [0.15, 0.2) is 0 Å². The number of anilines is 1. The molecule has 2 heterocycles. The van der Waals surface area contributed by atoms with E-state index >= 15 is 0 Å². The Labute approximate surface area is 128 Å². The molecular weight excluding hydrogens is 264 g/mol. The number of ether oxygens (including phenoxy) is 1. The van der Waals surface area contributed by atoms with Crippen LogP contribution in [0.25, 0.3) is 0 Å². The van der Waals surface area contributed by atoms with E-state index in [2.05, 4.69) is 54.8 Å². The molecule has 0 saturated carbocycles. The maximum atomic E-state index is 5.73. The van der Waals surface area contributed by atoms with Gasteiger partial charge in [0.1, 0.15) is 5.82 Å². The summed E-state index contributed by atoms with van der Waals surface area (Å²) in [5, 5.41) is 3.43. The largest absolute Gasteiger partial charge is 0.375 e. The van der Waals surface area contributed by atoms with Crippen LogP contribution in [0.2, 0.25) is 0 Å². The number of nitrogens with zero attached hydrogens (tertiary/aromatic N) is 3. The van der Waals surface area contributed by atoms with E-state index in [1.54, 1.807) is 0 Å². The van der Waals surface area contributed by atoms with Crippen molar-refractivity contribution in [3.63, 3.8) is 0 Å². The summed E-state index contributed by atoms with van der Waals surface area (Å²) < 4.78 is 5.73. The van der Waals surface area contributed by atoms with Gasteiger partial charge in [-0.15, -0.1) is 0 Å². The Bertz CT molecular complexity index is 441. The lowest BCUT2D eigenvalue weighted by Crippen LogP contribution is -2.49. The molecular formula is C16H28N4O. The molecule has 1 aliphatic rings. The van der Waals surface area contributed by atoms with Crippen molar-refractivity contribution in [2.75, 3.05) is 18.1 Å². The van der Waals surface area contributed by atoms with E-state index in [-0.39, 0.29) is 11.6 Å². The fourth-order valence-electron chi connectivity index (χ4n) is 2.41. The van der Waals surface area contributed by atoms with Crippen LogP contribution >= 0.6 is 0 Å². The molecule has 5 nitrogen and oxygen atoms in total. The SMILES string of the molecule is CCC1COC(C)CN1c1cnc(CNC(C)(C)C)cn1. The van der Waals surface area contributed by atoms with E-state index in [1.165, 1.54) is 0 Å². The summed E-state index contributed by atoms with van der Waals surface area (Å²) in [6.45, 7) is 13.1. The van der Waals surface area contributed by atoms with E-state index in [9.17, 15) is 0 Å². The van der Waals surface area contributed by atoms with Gasteiger partial charge in [0.05, 0.1) is 36.8 Å². The van der Waals surface area contributed by atoms with Gasteiger partial charge in [0.2, 0.25) is 0 Å². The lowest BCUT2D eigenvalue weighted by Gasteiger charge is -2.38. The molecule has 1 saturated heterocycles. The highest BCUT2D eigenvalue weighted by molar-refractivity contribution is 5.38. The molecule has 0 aromatic carbocycles. The van der Waals surface area contributed by atoms with Crippen LogP contribution in [0.5, 0.6) is 0 Å². The van der Waals surface area contributed by atoms with Gasteiger partial charge < -0.3 is 15.0 Å². The second-order valence-electron chi connectivity index (χ2n) is 6.83. The van der Waals surface area contributed by atoms with Crippen LogP contribution in [0.15, 0.2) is 12.4 Å². The van der Waals surface area contributed by atoms with Crippen molar-refractivity contribution in [1.29, 1.82) is 0 Å². The molecule has 0 radical (unpaired) electrons. The minimum Gasteiger partial charge on any atom is -0.375 e. The topological polar surface area (TPSA) is 50.3 Å². The van der Waals surface area contributed by atoms with Gasteiger partial charge in [-0.25, -0.2) is 4.98 Å². The third kappa shape index (κ3) is 4.64. The zero-order valence-electron chi connectivity index (χ0n) is 13.9. The zero-order valence-corrected chi connectivity index (χ0v) is 13.9. The maximum Gasteiger partial charge on any atom is 0.147 e. The fourth-order valence-corrected chi connectivity index (χ4v) is 2.41. The molecule has 0 spiro atoms. The highest BCUT2D eigenvalue weighted by Gasteiger charge is 2.26. The lowest BCUT2D eigenvalue weighted by molar-refractivity contribution is 0.0296. The number of rotatable bonds is 4. The van der Waals surface area contributed by atoms with Crippen molar-refractivity contribution in [3.8, 4) is 0 Å². The number of hydrogen-bond donors (Lipinski definition) is 1. The predicted molar refractivity (Wildman–Crippen MR) is 85.5 cm³/mol. The van der Waals surface area contributed by atoms with Crippen molar-refractivity contribution in [2.24, 2.45) is 0 Å². The van der Waals surface area contributed by atoms with Gasteiger partial charge in [-0.1, -0.05) is 6.92 Å². The van der Waals surface area contributed by atoms with Crippen molar-refractivity contribution in [2.45, 2.75) is 65.3 Å². The lowest BCUT2D eigenvalue weighted by atomic mass is 10.1. The molecule has 118 valence electrons. The molecule has 2 unspecified atom stereocenters. The first-order valence-corrected chi connectivity index (χ1v) is 7.83. The summed E-state index contributed by atoms with van der Waals surface area (Å²) in [4.78, 5) is 11.5. The summed E-state index contributed by atoms with van der Waals surface area (Å²) in [5.74, 6) is 0.955. The monoisotopic (exact) mass is 292 g/mol. The Morgan fingerprint density at radius 2 is 2.10 bits per heavy atom. The molecule has 1 aromatic heterocycles. The van der Waals surface area contributed by atoms with Gasteiger partial charge in [0.25, 0.3) is 0 Å². The quantitative estimate of drug-likeness (QED) is 0.923. The highest BCUT2D eigenvalue weighted by Crippen LogP contribution is 2.20. The third-order valence-corrected chi connectivity index (χ3v) is 3.72. The molecule has 1 aliphatic heterocycles. The fraction of sp³-hybridized carbons (Fsp3) is 0.750. The Hall–Kier alpha value is -1.20. The normalized spacial score (nSPS) is 23.4. The average Bonchev–Trinajstić information content (AvgIpc) is 2.45. The molecule has 0 amide bonds. The Morgan fingerprint density at radius 3 is 2.67 bits per heavy atom. The van der Waals surface area contributed by atoms with Crippen molar-refractivity contribution in [3.05, 3.63) is 18.1 Å². The van der Waals surface area contributed by atoms with Gasteiger partial charge in [-0.05, 0) is 34.1 Å². The Kier molecular flexibility index (Phi) is 5.17. The molecule has 1 fully saturated rings. The summed E-state index contributed by atoms with van der Waals surface area (Å²) in [5.41, 5.74) is 1.07. The number of nitrogens with one attached hydrogen (secondary N) is 1. The van der Waals surface area contributed by atoms with Crippen LogP contribution in [-0.2, 0) is 11.3 Å². The molecule has 2 rings (SSSR count).